The highest BCUT2D eigenvalue weighted by atomic mass is 32.1. The Morgan fingerprint density at radius 3 is 2.60 bits per heavy atom. The van der Waals surface area contributed by atoms with Crippen LogP contribution in [0.5, 0.6) is 0 Å². The number of thiazole rings is 1. The number of rotatable bonds is 5. The van der Waals surface area contributed by atoms with Crippen molar-refractivity contribution in [3.05, 3.63) is 46.5 Å². The van der Waals surface area contributed by atoms with Crippen LogP contribution in [0.25, 0.3) is 0 Å². The maximum Gasteiger partial charge on any atom is 0.180 e. The minimum Gasteiger partial charge on any atom is -0.375 e. The maximum absolute atomic E-state index is 8.83. The van der Waals surface area contributed by atoms with Crippen molar-refractivity contribution < 1.29 is 0 Å². The summed E-state index contributed by atoms with van der Waals surface area (Å²) in [4.78, 5) is 6.78. The van der Waals surface area contributed by atoms with Crippen LogP contribution >= 0.6 is 11.3 Å². The molecule has 0 amide bonds. The van der Waals surface area contributed by atoms with Crippen LogP contribution in [0.15, 0.2) is 29.6 Å². The second-order valence-corrected chi connectivity index (χ2v) is 6.01. The number of anilines is 1. The number of nitrogen functional groups attached to an aromatic ring is 1. The van der Waals surface area contributed by atoms with Crippen LogP contribution in [0.1, 0.15) is 29.7 Å². The van der Waals surface area contributed by atoms with Gasteiger partial charge in [0.15, 0.2) is 5.13 Å². The third-order valence-electron chi connectivity index (χ3n) is 3.47. The Morgan fingerprint density at radius 1 is 1.30 bits per heavy atom. The zero-order valence-corrected chi connectivity index (χ0v) is 11.9. The van der Waals surface area contributed by atoms with E-state index >= 15 is 0 Å². The van der Waals surface area contributed by atoms with Gasteiger partial charge in [-0.05, 0) is 30.5 Å². The van der Waals surface area contributed by atoms with Gasteiger partial charge in [-0.1, -0.05) is 12.1 Å². The monoisotopic (exact) mass is 284 g/mol. The highest BCUT2D eigenvalue weighted by Crippen LogP contribution is 2.30. The fraction of sp³-hybridized carbons (Fsp3) is 0.333. The summed E-state index contributed by atoms with van der Waals surface area (Å²) in [5.41, 5.74) is 8.68. The van der Waals surface area contributed by atoms with Crippen molar-refractivity contribution in [1.29, 1.82) is 5.26 Å². The van der Waals surface area contributed by atoms with Crippen molar-refractivity contribution in [2.45, 2.75) is 32.0 Å². The molecule has 0 bridgehead atoms. The van der Waals surface area contributed by atoms with Crippen molar-refractivity contribution in [1.82, 2.24) is 9.88 Å². The zero-order valence-electron chi connectivity index (χ0n) is 11.1. The lowest BCUT2D eigenvalue weighted by Crippen LogP contribution is -2.25. The Kier molecular flexibility index (Phi) is 3.68. The third kappa shape index (κ3) is 3.16. The highest BCUT2D eigenvalue weighted by Gasteiger charge is 2.29. The molecular weight excluding hydrogens is 268 g/mol. The number of nitriles is 1. The second-order valence-electron chi connectivity index (χ2n) is 5.12. The smallest absolute Gasteiger partial charge is 0.180 e. The van der Waals surface area contributed by atoms with Gasteiger partial charge in [-0.2, -0.15) is 5.26 Å². The Morgan fingerprint density at radius 2 is 2.05 bits per heavy atom. The van der Waals surface area contributed by atoms with Crippen molar-refractivity contribution in [2.75, 3.05) is 5.73 Å². The molecule has 0 spiro atoms. The molecule has 2 N–H and O–H groups in total. The Labute approximate surface area is 122 Å². The van der Waals surface area contributed by atoms with E-state index in [1.165, 1.54) is 29.7 Å². The van der Waals surface area contributed by atoms with E-state index in [0.717, 1.165) is 18.8 Å². The largest absolute Gasteiger partial charge is 0.375 e. The van der Waals surface area contributed by atoms with Crippen LogP contribution in [-0.2, 0) is 13.1 Å². The van der Waals surface area contributed by atoms with E-state index in [1.54, 1.807) is 0 Å². The van der Waals surface area contributed by atoms with Crippen LogP contribution in [0.4, 0.5) is 5.13 Å². The average Bonchev–Trinajstić information content (AvgIpc) is 3.23. The minimum absolute atomic E-state index is 0.633. The summed E-state index contributed by atoms with van der Waals surface area (Å²) in [7, 11) is 0. The first-order chi connectivity index (χ1) is 9.74. The summed E-state index contributed by atoms with van der Waals surface area (Å²) in [6, 6.07) is 10.6. The number of hydrogen-bond acceptors (Lipinski definition) is 5. The molecule has 0 radical (unpaired) electrons. The summed E-state index contributed by atoms with van der Waals surface area (Å²) in [5, 5.41) is 11.5. The molecule has 1 fully saturated rings. The third-order valence-corrected chi connectivity index (χ3v) is 4.19. The van der Waals surface area contributed by atoms with E-state index in [0.29, 0.717) is 16.7 Å². The first kappa shape index (κ1) is 13.1. The fourth-order valence-electron chi connectivity index (χ4n) is 2.28. The minimum atomic E-state index is 0.633. The summed E-state index contributed by atoms with van der Waals surface area (Å²) in [5.74, 6) is 0. The lowest BCUT2D eigenvalue weighted by atomic mass is 10.1. The standard InChI is InChI=1S/C15H16N4S/c16-7-11-1-3-12(4-2-11)8-19(14-5-6-14)9-13-10-20-15(17)18-13/h1-4,10,14H,5-6,8-9H2,(H2,17,18). The molecule has 0 unspecified atom stereocenters. The molecule has 1 aromatic heterocycles. The molecule has 20 heavy (non-hydrogen) atoms. The van der Waals surface area contributed by atoms with Crippen LogP contribution in [0.3, 0.4) is 0 Å². The van der Waals surface area contributed by atoms with Gasteiger partial charge in [0.1, 0.15) is 0 Å². The average molecular weight is 284 g/mol. The second kappa shape index (κ2) is 5.61. The van der Waals surface area contributed by atoms with E-state index in [9.17, 15) is 0 Å². The number of aromatic nitrogens is 1. The Balaban J connectivity index is 1.69. The fourth-order valence-corrected chi connectivity index (χ4v) is 2.83. The maximum atomic E-state index is 8.83. The van der Waals surface area contributed by atoms with Crippen molar-refractivity contribution >= 4 is 16.5 Å². The quantitative estimate of drug-likeness (QED) is 0.917. The van der Waals surface area contributed by atoms with E-state index in [2.05, 4.69) is 16.0 Å². The molecule has 1 aromatic carbocycles. The van der Waals surface area contributed by atoms with E-state index in [-0.39, 0.29) is 0 Å². The predicted molar refractivity (Wildman–Crippen MR) is 80.0 cm³/mol. The van der Waals surface area contributed by atoms with E-state index in [4.69, 9.17) is 11.0 Å². The van der Waals surface area contributed by atoms with E-state index in [1.807, 2.05) is 29.6 Å². The molecule has 102 valence electrons. The lowest BCUT2D eigenvalue weighted by Gasteiger charge is -2.21. The lowest BCUT2D eigenvalue weighted by molar-refractivity contribution is 0.243. The summed E-state index contributed by atoms with van der Waals surface area (Å²) in [6.07, 6.45) is 2.52. The van der Waals surface area contributed by atoms with Crippen LogP contribution in [0.2, 0.25) is 0 Å². The number of benzene rings is 1. The summed E-state index contributed by atoms with van der Waals surface area (Å²) < 4.78 is 0. The first-order valence-electron chi connectivity index (χ1n) is 6.67. The molecule has 0 saturated heterocycles. The first-order valence-corrected chi connectivity index (χ1v) is 7.55. The van der Waals surface area contributed by atoms with Gasteiger partial charge in [0.2, 0.25) is 0 Å². The van der Waals surface area contributed by atoms with Crippen LogP contribution in [0, 0.1) is 11.3 Å². The molecule has 0 atom stereocenters. The van der Waals surface area contributed by atoms with Gasteiger partial charge in [0, 0.05) is 24.5 Å². The molecule has 1 saturated carbocycles. The molecule has 4 nitrogen and oxygen atoms in total. The molecule has 5 heteroatoms. The van der Waals surface area contributed by atoms with Crippen molar-refractivity contribution in [3.63, 3.8) is 0 Å². The van der Waals surface area contributed by atoms with Crippen molar-refractivity contribution in [3.8, 4) is 6.07 Å². The number of hydrogen-bond donors (Lipinski definition) is 1. The Hall–Kier alpha value is -1.90. The molecule has 1 aliphatic carbocycles. The highest BCUT2D eigenvalue weighted by molar-refractivity contribution is 7.13. The van der Waals surface area contributed by atoms with Gasteiger partial charge in [-0.25, -0.2) is 4.98 Å². The molecule has 3 rings (SSSR count). The summed E-state index contributed by atoms with van der Waals surface area (Å²) in [6.45, 7) is 1.74. The van der Waals surface area contributed by atoms with Gasteiger partial charge in [-0.3, -0.25) is 4.90 Å². The predicted octanol–water partition coefficient (Wildman–Crippen LogP) is 2.76. The number of nitrogens with two attached hydrogens (primary N) is 1. The van der Waals surface area contributed by atoms with Gasteiger partial charge in [-0.15, -0.1) is 11.3 Å². The molecule has 2 aromatic rings. The normalized spacial score (nSPS) is 14.4. The van der Waals surface area contributed by atoms with Gasteiger partial charge in [0.25, 0.3) is 0 Å². The topological polar surface area (TPSA) is 65.9 Å². The van der Waals surface area contributed by atoms with Crippen molar-refractivity contribution in [2.24, 2.45) is 0 Å². The molecular formula is C15H16N4S. The van der Waals surface area contributed by atoms with Crippen LogP contribution < -0.4 is 5.73 Å². The zero-order chi connectivity index (χ0) is 13.9. The molecule has 0 aliphatic heterocycles. The number of nitrogens with zero attached hydrogens (tertiary/aromatic N) is 3. The van der Waals surface area contributed by atoms with Gasteiger partial charge >= 0.3 is 0 Å². The van der Waals surface area contributed by atoms with Gasteiger partial charge < -0.3 is 5.73 Å². The van der Waals surface area contributed by atoms with Crippen LogP contribution in [-0.4, -0.2) is 15.9 Å². The summed E-state index contributed by atoms with van der Waals surface area (Å²) >= 11 is 1.49. The Bertz CT molecular complexity index is 622. The van der Waals surface area contributed by atoms with E-state index < -0.39 is 0 Å². The molecule has 1 heterocycles. The SMILES string of the molecule is N#Cc1ccc(CN(Cc2csc(N)n2)C2CC2)cc1. The van der Waals surface area contributed by atoms with Gasteiger partial charge in [0.05, 0.1) is 17.3 Å². The molecule has 1 aliphatic rings.